The molecule has 10 heteroatoms. The number of nitro groups is 1. The molecule has 6 atom stereocenters. The van der Waals surface area contributed by atoms with Gasteiger partial charge in [0.15, 0.2) is 11.5 Å². The quantitative estimate of drug-likeness (QED) is 0.118. The van der Waals surface area contributed by atoms with Crippen LogP contribution in [0.25, 0.3) is 0 Å². The zero-order chi connectivity index (χ0) is 25.1. The molecule has 0 N–H and O–H groups in total. The molecule has 2 bridgehead atoms. The van der Waals surface area contributed by atoms with Gasteiger partial charge in [-0.1, -0.05) is 12.2 Å². The number of carbonyl (C=O) groups excluding carboxylic acids is 2. The molecule has 2 saturated carbocycles. The molecule has 7 rings (SSSR count). The fourth-order valence-electron chi connectivity index (χ4n) is 6.00. The third-order valence-corrected chi connectivity index (χ3v) is 8.55. The molecule has 5 aliphatic rings. The monoisotopic (exact) mass is 599 g/mol. The number of methoxy groups -OCH3 is 1. The standard InChI is InChI=1S/C26H22IN3O6/c1-35-21-9-14(8-20(27)24(21)36-12-13-2-4-15(5-3-13)30(33)34)11-28-29-25(31)22-16-6-7-17(19-10-18(16)19)23(22)26(29)32/h2-9,11,16-19,22-23H,10,12H2,1H3/b28-11-/t16-,17-,18-,19+,22+,23+/m0/s1. The summed E-state index contributed by atoms with van der Waals surface area (Å²) in [5, 5.41) is 16.2. The van der Waals surface area contributed by atoms with E-state index in [1.54, 1.807) is 18.2 Å². The first kappa shape index (κ1) is 23.1. The molecule has 2 amide bonds. The molecule has 1 saturated heterocycles. The second-order valence-electron chi connectivity index (χ2n) is 9.63. The highest BCUT2D eigenvalue weighted by Crippen LogP contribution is 2.65. The summed E-state index contributed by atoms with van der Waals surface area (Å²) in [4.78, 5) is 36.6. The number of imide groups is 1. The van der Waals surface area contributed by atoms with Crippen LogP contribution < -0.4 is 9.47 Å². The molecule has 184 valence electrons. The second kappa shape index (κ2) is 8.68. The normalized spacial score (nSPS) is 29.4. The Bertz CT molecular complexity index is 1300. The second-order valence-corrected chi connectivity index (χ2v) is 10.8. The Morgan fingerprint density at radius 2 is 1.75 bits per heavy atom. The zero-order valence-corrected chi connectivity index (χ0v) is 21.4. The van der Waals surface area contributed by atoms with Crippen molar-refractivity contribution in [2.75, 3.05) is 7.11 Å². The van der Waals surface area contributed by atoms with Crippen LogP contribution in [-0.2, 0) is 16.2 Å². The van der Waals surface area contributed by atoms with Gasteiger partial charge in [-0.25, -0.2) is 0 Å². The number of rotatable bonds is 7. The van der Waals surface area contributed by atoms with Gasteiger partial charge in [0.2, 0.25) is 0 Å². The highest BCUT2D eigenvalue weighted by molar-refractivity contribution is 14.1. The number of nitrogens with zero attached hydrogens (tertiary/aromatic N) is 3. The SMILES string of the molecule is COc1cc(/C=N\N2C(=O)[C@@H]3[C@H]4C=C[C@@H]([C@@H]5C[C@H]45)[C@H]3C2=O)cc(I)c1OCc1ccc([N+](=O)[O-])cc1. The first-order chi connectivity index (χ1) is 17.4. The van der Waals surface area contributed by atoms with Crippen molar-refractivity contribution in [3.05, 3.63) is 73.4 Å². The Kier molecular flexibility index (Phi) is 5.58. The van der Waals surface area contributed by atoms with Crippen molar-refractivity contribution in [1.29, 1.82) is 0 Å². The van der Waals surface area contributed by atoms with E-state index in [2.05, 4.69) is 39.8 Å². The fraction of sp³-hybridized carbons (Fsp3) is 0.346. The molecular formula is C26H22IN3O6. The van der Waals surface area contributed by atoms with Crippen LogP contribution in [0.2, 0.25) is 0 Å². The van der Waals surface area contributed by atoms with Crippen molar-refractivity contribution in [1.82, 2.24) is 5.01 Å². The molecule has 0 unspecified atom stereocenters. The number of hydrogen-bond donors (Lipinski definition) is 0. The lowest BCUT2D eigenvalue weighted by Crippen LogP contribution is -2.40. The Morgan fingerprint density at radius 1 is 1.11 bits per heavy atom. The Hall–Kier alpha value is -3.28. The minimum absolute atomic E-state index is 0.0180. The Balaban J connectivity index is 1.18. The predicted molar refractivity (Wildman–Crippen MR) is 137 cm³/mol. The molecule has 36 heavy (non-hydrogen) atoms. The number of carbonyl (C=O) groups is 2. The number of hydrogen-bond acceptors (Lipinski definition) is 7. The van der Waals surface area contributed by atoms with Crippen LogP contribution in [0.1, 0.15) is 17.5 Å². The van der Waals surface area contributed by atoms with Crippen molar-refractivity contribution < 1.29 is 24.0 Å². The number of allylic oxidation sites excluding steroid dienone is 2. The largest absolute Gasteiger partial charge is 0.493 e. The molecule has 0 aromatic heterocycles. The number of halogens is 1. The van der Waals surface area contributed by atoms with Crippen LogP contribution in [0.3, 0.4) is 0 Å². The summed E-state index contributed by atoms with van der Waals surface area (Å²) in [7, 11) is 1.53. The summed E-state index contributed by atoms with van der Waals surface area (Å²) < 4.78 is 12.2. The molecule has 2 aromatic carbocycles. The minimum Gasteiger partial charge on any atom is -0.493 e. The van der Waals surface area contributed by atoms with Gasteiger partial charge in [-0.3, -0.25) is 19.7 Å². The number of non-ortho nitro benzene ring substituents is 1. The van der Waals surface area contributed by atoms with E-state index in [-0.39, 0.29) is 47.8 Å². The number of amides is 2. The van der Waals surface area contributed by atoms with Crippen LogP contribution >= 0.6 is 22.6 Å². The lowest BCUT2D eigenvalue weighted by atomic mass is 9.63. The van der Waals surface area contributed by atoms with Gasteiger partial charge < -0.3 is 9.47 Å². The molecule has 0 spiro atoms. The first-order valence-electron chi connectivity index (χ1n) is 11.7. The summed E-state index contributed by atoms with van der Waals surface area (Å²) in [6.07, 6.45) is 6.91. The van der Waals surface area contributed by atoms with Crippen molar-refractivity contribution in [2.45, 2.75) is 13.0 Å². The molecular weight excluding hydrogens is 577 g/mol. The summed E-state index contributed by atoms with van der Waals surface area (Å²) in [6.45, 7) is 0.204. The highest BCUT2D eigenvalue weighted by atomic mass is 127. The van der Waals surface area contributed by atoms with Crippen molar-refractivity contribution in [3.8, 4) is 11.5 Å². The molecule has 2 aromatic rings. The van der Waals surface area contributed by atoms with Crippen LogP contribution in [0, 0.1) is 49.2 Å². The van der Waals surface area contributed by atoms with Gasteiger partial charge in [0.05, 0.1) is 33.7 Å². The third kappa shape index (κ3) is 3.69. The van der Waals surface area contributed by atoms with Crippen molar-refractivity contribution in [2.24, 2.45) is 40.6 Å². The number of nitro benzene ring substituents is 1. The van der Waals surface area contributed by atoms with E-state index in [4.69, 9.17) is 9.47 Å². The molecule has 3 fully saturated rings. The van der Waals surface area contributed by atoms with Crippen LogP contribution in [0.15, 0.2) is 53.7 Å². The van der Waals surface area contributed by atoms with E-state index in [0.717, 1.165) is 20.6 Å². The Labute approximate surface area is 220 Å². The van der Waals surface area contributed by atoms with Crippen LogP contribution in [-0.4, -0.2) is 35.1 Å². The van der Waals surface area contributed by atoms with E-state index >= 15 is 0 Å². The van der Waals surface area contributed by atoms with E-state index in [0.29, 0.717) is 28.9 Å². The lowest BCUT2D eigenvalue weighted by molar-refractivity contribution is -0.384. The summed E-state index contributed by atoms with van der Waals surface area (Å²) >= 11 is 2.12. The van der Waals surface area contributed by atoms with E-state index in [1.807, 2.05) is 6.07 Å². The van der Waals surface area contributed by atoms with Gasteiger partial charge in [-0.2, -0.15) is 10.1 Å². The Morgan fingerprint density at radius 3 is 2.33 bits per heavy atom. The first-order valence-corrected chi connectivity index (χ1v) is 12.8. The topological polar surface area (TPSA) is 111 Å². The maximum absolute atomic E-state index is 13.1. The maximum atomic E-state index is 13.1. The van der Waals surface area contributed by atoms with Crippen LogP contribution in [0.4, 0.5) is 5.69 Å². The van der Waals surface area contributed by atoms with Gasteiger partial charge >= 0.3 is 0 Å². The van der Waals surface area contributed by atoms with Crippen molar-refractivity contribution in [3.63, 3.8) is 0 Å². The van der Waals surface area contributed by atoms with E-state index in [9.17, 15) is 19.7 Å². The number of hydrazone groups is 1. The predicted octanol–water partition coefficient (Wildman–Crippen LogP) is 4.17. The van der Waals surface area contributed by atoms with Gasteiger partial charge in [0, 0.05) is 12.1 Å². The summed E-state index contributed by atoms with van der Waals surface area (Å²) in [6, 6.07) is 9.71. The van der Waals surface area contributed by atoms with Gasteiger partial charge in [0.25, 0.3) is 17.5 Å². The summed E-state index contributed by atoms with van der Waals surface area (Å²) in [5.74, 6) is 1.46. The van der Waals surface area contributed by atoms with Crippen LogP contribution in [0.5, 0.6) is 11.5 Å². The highest BCUT2D eigenvalue weighted by Gasteiger charge is 2.67. The average molecular weight is 599 g/mol. The zero-order valence-electron chi connectivity index (χ0n) is 19.2. The molecule has 0 radical (unpaired) electrons. The molecule has 1 heterocycles. The fourth-order valence-corrected chi connectivity index (χ4v) is 6.78. The maximum Gasteiger partial charge on any atom is 0.269 e. The minimum atomic E-state index is -0.447. The smallest absolute Gasteiger partial charge is 0.269 e. The summed E-state index contributed by atoms with van der Waals surface area (Å²) in [5.41, 5.74) is 1.46. The van der Waals surface area contributed by atoms with E-state index < -0.39 is 4.92 Å². The van der Waals surface area contributed by atoms with Gasteiger partial charge in [0.1, 0.15) is 6.61 Å². The molecule has 9 nitrogen and oxygen atoms in total. The third-order valence-electron chi connectivity index (χ3n) is 7.74. The van der Waals surface area contributed by atoms with Gasteiger partial charge in [-0.15, -0.1) is 0 Å². The average Bonchev–Trinajstić information content (AvgIpc) is 3.66. The molecule has 4 aliphatic carbocycles. The molecule has 1 aliphatic heterocycles. The van der Waals surface area contributed by atoms with Crippen molar-refractivity contribution >= 4 is 46.3 Å². The number of ether oxygens (including phenoxy) is 2. The van der Waals surface area contributed by atoms with Gasteiger partial charge in [-0.05, 0) is 88.1 Å². The number of benzene rings is 2. The lowest BCUT2D eigenvalue weighted by Gasteiger charge is -2.37. The van der Waals surface area contributed by atoms with E-state index in [1.165, 1.54) is 25.5 Å².